The van der Waals surface area contributed by atoms with E-state index in [0.29, 0.717) is 16.3 Å². The van der Waals surface area contributed by atoms with Crippen LogP contribution in [0, 0.1) is 5.82 Å². The predicted octanol–water partition coefficient (Wildman–Crippen LogP) is 3.57. The molecule has 7 nitrogen and oxygen atoms in total. The summed E-state index contributed by atoms with van der Waals surface area (Å²) in [5.74, 6) is -1.68. The van der Waals surface area contributed by atoms with Crippen molar-refractivity contribution in [3.63, 3.8) is 0 Å². The highest BCUT2D eigenvalue weighted by Gasteiger charge is 2.20. The van der Waals surface area contributed by atoms with Crippen molar-refractivity contribution in [2.75, 3.05) is 6.61 Å². The van der Waals surface area contributed by atoms with Crippen LogP contribution in [0.3, 0.4) is 0 Å². The SMILES string of the molecule is O=C(COc1ccc(F)cc1)NNC(=O)CC(NC(=O)c1ccccc1Cl)c1ccccc1. The molecule has 170 valence electrons. The Labute approximate surface area is 194 Å². The van der Waals surface area contributed by atoms with Gasteiger partial charge in [-0.3, -0.25) is 25.2 Å². The summed E-state index contributed by atoms with van der Waals surface area (Å²) in [6, 6.07) is 20.0. The Bertz CT molecular complexity index is 1110. The molecule has 0 aliphatic heterocycles. The molecule has 3 N–H and O–H groups in total. The molecule has 0 bridgehead atoms. The molecule has 0 aliphatic rings. The first-order chi connectivity index (χ1) is 15.9. The van der Waals surface area contributed by atoms with Gasteiger partial charge in [0.1, 0.15) is 11.6 Å². The second-order valence-electron chi connectivity index (χ2n) is 6.96. The van der Waals surface area contributed by atoms with Gasteiger partial charge >= 0.3 is 0 Å². The molecule has 3 aromatic rings. The van der Waals surface area contributed by atoms with Crippen LogP contribution in [0.4, 0.5) is 4.39 Å². The quantitative estimate of drug-likeness (QED) is 0.439. The van der Waals surface area contributed by atoms with Crippen LogP contribution >= 0.6 is 11.6 Å². The van der Waals surface area contributed by atoms with Gasteiger partial charge in [-0.15, -0.1) is 0 Å². The highest BCUT2D eigenvalue weighted by molar-refractivity contribution is 6.33. The van der Waals surface area contributed by atoms with Crippen LogP contribution < -0.4 is 20.9 Å². The number of amides is 3. The van der Waals surface area contributed by atoms with Gasteiger partial charge in [0.15, 0.2) is 6.61 Å². The van der Waals surface area contributed by atoms with Gasteiger partial charge in [0.05, 0.1) is 23.0 Å². The van der Waals surface area contributed by atoms with Gasteiger partial charge in [-0.2, -0.15) is 0 Å². The third-order valence-electron chi connectivity index (χ3n) is 4.54. The fourth-order valence-corrected chi connectivity index (χ4v) is 3.13. The average molecular weight is 470 g/mol. The van der Waals surface area contributed by atoms with Gasteiger partial charge in [0.25, 0.3) is 11.8 Å². The number of nitrogens with one attached hydrogen (secondary N) is 3. The van der Waals surface area contributed by atoms with Gasteiger partial charge < -0.3 is 10.1 Å². The van der Waals surface area contributed by atoms with Gasteiger partial charge in [-0.05, 0) is 42.0 Å². The molecular weight excluding hydrogens is 449 g/mol. The Kier molecular flexibility index (Phi) is 8.37. The van der Waals surface area contributed by atoms with Crippen molar-refractivity contribution < 1.29 is 23.5 Å². The lowest BCUT2D eigenvalue weighted by Crippen LogP contribution is -2.45. The molecule has 0 radical (unpaired) electrons. The Morgan fingerprint density at radius 2 is 1.48 bits per heavy atom. The van der Waals surface area contributed by atoms with Crippen LogP contribution in [0.15, 0.2) is 78.9 Å². The number of benzene rings is 3. The predicted molar refractivity (Wildman–Crippen MR) is 121 cm³/mol. The van der Waals surface area contributed by atoms with E-state index < -0.39 is 29.6 Å². The second kappa shape index (κ2) is 11.6. The van der Waals surface area contributed by atoms with Crippen LogP contribution in [-0.2, 0) is 9.59 Å². The number of hydrogen-bond donors (Lipinski definition) is 3. The lowest BCUT2D eigenvalue weighted by Gasteiger charge is -2.19. The number of hydrazine groups is 1. The first-order valence-corrected chi connectivity index (χ1v) is 10.4. The normalized spacial score (nSPS) is 11.2. The van der Waals surface area contributed by atoms with E-state index in [1.807, 2.05) is 6.07 Å². The molecule has 0 saturated heterocycles. The summed E-state index contributed by atoms with van der Waals surface area (Å²) in [6.07, 6.45) is -0.140. The zero-order valence-electron chi connectivity index (χ0n) is 17.4. The summed E-state index contributed by atoms with van der Waals surface area (Å²) in [5.41, 5.74) is 5.53. The Morgan fingerprint density at radius 3 is 2.18 bits per heavy atom. The molecule has 0 heterocycles. The summed E-state index contributed by atoms with van der Waals surface area (Å²) in [7, 11) is 0. The summed E-state index contributed by atoms with van der Waals surface area (Å²) in [6.45, 7) is -0.378. The number of halogens is 2. The topological polar surface area (TPSA) is 96.5 Å². The minimum absolute atomic E-state index is 0.140. The van der Waals surface area contributed by atoms with Gasteiger partial charge in [-0.1, -0.05) is 54.1 Å². The van der Waals surface area contributed by atoms with Crippen molar-refractivity contribution in [2.45, 2.75) is 12.5 Å². The molecule has 0 saturated carbocycles. The van der Waals surface area contributed by atoms with Crippen LogP contribution in [0.2, 0.25) is 5.02 Å². The van der Waals surface area contributed by atoms with E-state index in [4.69, 9.17) is 16.3 Å². The zero-order chi connectivity index (χ0) is 23.6. The first-order valence-electron chi connectivity index (χ1n) is 9.99. The van der Waals surface area contributed by atoms with Crippen LogP contribution in [-0.4, -0.2) is 24.3 Å². The Hall–Kier alpha value is -3.91. The number of carbonyl (C=O) groups is 3. The number of hydrogen-bond acceptors (Lipinski definition) is 4. The maximum atomic E-state index is 12.9. The van der Waals surface area contributed by atoms with Crippen molar-refractivity contribution in [3.05, 3.63) is 101 Å². The lowest BCUT2D eigenvalue weighted by molar-refractivity contribution is -0.130. The minimum atomic E-state index is -0.664. The third-order valence-corrected chi connectivity index (χ3v) is 4.87. The summed E-state index contributed by atoms with van der Waals surface area (Å²) in [4.78, 5) is 37.1. The van der Waals surface area contributed by atoms with E-state index in [1.54, 1.807) is 48.5 Å². The van der Waals surface area contributed by atoms with Gasteiger partial charge in [0.2, 0.25) is 5.91 Å². The fraction of sp³-hybridized carbons (Fsp3) is 0.125. The largest absolute Gasteiger partial charge is 0.484 e. The molecule has 33 heavy (non-hydrogen) atoms. The first kappa shape index (κ1) is 23.7. The lowest BCUT2D eigenvalue weighted by atomic mass is 10.0. The van der Waals surface area contributed by atoms with Crippen LogP contribution in [0.25, 0.3) is 0 Å². The van der Waals surface area contributed by atoms with E-state index in [-0.39, 0.29) is 18.6 Å². The van der Waals surface area contributed by atoms with Crippen molar-refractivity contribution >= 4 is 29.3 Å². The molecule has 0 spiro atoms. The van der Waals surface area contributed by atoms with Crippen LogP contribution in [0.1, 0.15) is 28.4 Å². The second-order valence-corrected chi connectivity index (χ2v) is 7.37. The maximum Gasteiger partial charge on any atom is 0.276 e. The number of ether oxygens (including phenoxy) is 1. The molecular formula is C24H21ClFN3O4. The van der Waals surface area contributed by atoms with Crippen LogP contribution in [0.5, 0.6) is 5.75 Å². The molecule has 0 fully saturated rings. The molecule has 3 aromatic carbocycles. The number of carbonyl (C=O) groups excluding carboxylic acids is 3. The molecule has 0 aromatic heterocycles. The van der Waals surface area contributed by atoms with E-state index in [9.17, 15) is 18.8 Å². The van der Waals surface area contributed by atoms with Gasteiger partial charge in [0, 0.05) is 0 Å². The summed E-state index contributed by atoms with van der Waals surface area (Å²) >= 11 is 6.10. The molecule has 1 atom stereocenters. The zero-order valence-corrected chi connectivity index (χ0v) is 18.1. The standard InChI is InChI=1S/C24H21ClFN3O4/c25-20-9-5-4-8-19(20)24(32)27-21(16-6-2-1-3-7-16)14-22(30)28-29-23(31)15-33-18-12-10-17(26)11-13-18/h1-13,21H,14-15H2,(H,27,32)(H,28,30)(H,29,31). The van der Waals surface area contributed by atoms with Crippen molar-refractivity contribution in [1.82, 2.24) is 16.2 Å². The highest BCUT2D eigenvalue weighted by atomic mass is 35.5. The fourth-order valence-electron chi connectivity index (χ4n) is 2.91. The van der Waals surface area contributed by atoms with Gasteiger partial charge in [-0.25, -0.2) is 4.39 Å². The smallest absolute Gasteiger partial charge is 0.276 e. The average Bonchev–Trinajstić information content (AvgIpc) is 2.82. The number of rotatable bonds is 8. The minimum Gasteiger partial charge on any atom is -0.484 e. The third kappa shape index (κ3) is 7.33. The molecule has 0 aliphatic carbocycles. The Balaban J connectivity index is 1.56. The van der Waals surface area contributed by atoms with Crippen molar-refractivity contribution in [3.8, 4) is 5.75 Å². The van der Waals surface area contributed by atoms with Crippen molar-refractivity contribution in [2.24, 2.45) is 0 Å². The molecule has 3 amide bonds. The summed E-state index contributed by atoms with van der Waals surface area (Å²) in [5, 5.41) is 3.10. The van der Waals surface area contributed by atoms with E-state index in [2.05, 4.69) is 16.2 Å². The molecule has 9 heteroatoms. The van der Waals surface area contributed by atoms with E-state index in [0.717, 1.165) is 0 Å². The molecule has 1 unspecified atom stereocenters. The van der Waals surface area contributed by atoms with E-state index >= 15 is 0 Å². The molecule has 3 rings (SSSR count). The van der Waals surface area contributed by atoms with Crippen molar-refractivity contribution in [1.29, 1.82) is 0 Å². The monoisotopic (exact) mass is 469 g/mol. The summed E-state index contributed by atoms with van der Waals surface area (Å²) < 4.78 is 18.1. The maximum absolute atomic E-state index is 12.9. The highest BCUT2D eigenvalue weighted by Crippen LogP contribution is 2.20. The van der Waals surface area contributed by atoms with E-state index in [1.165, 1.54) is 24.3 Å². The Morgan fingerprint density at radius 1 is 0.848 bits per heavy atom.